The second kappa shape index (κ2) is 5.92. The lowest BCUT2D eigenvalue weighted by atomic mass is 10.0. The molecule has 4 heteroatoms. The molecule has 1 N–H and O–H groups in total. The number of rotatable bonds is 3. The van der Waals surface area contributed by atoms with Crippen LogP contribution in [0.3, 0.4) is 0 Å². The number of benzene rings is 2. The van der Waals surface area contributed by atoms with Gasteiger partial charge in [-0.1, -0.05) is 30.3 Å². The van der Waals surface area contributed by atoms with Gasteiger partial charge in [0.15, 0.2) is 0 Å². The minimum Gasteiger partial charge on any atom is -0.386 e. The van der Waals surface area contributed by atoms with Gasteiger partial charge in [0.05, 0.1) is 11.2 Å². The van der Waals surface area contributed by atoms with Crippen LogP contribution in [0.2, 0.25) is 0 Å². The summed E-state index contributed by atoms with van der Waals surface area (Å²) in [6.07, 6.45) is -0.465. The summed E-state index contributed by atoms with van der Waals surface area (Å²) < 4.78 is 14.0. The number of hydrogen-bond acceptors (Lipinski definition) is 2. The third-order valence-corrected chi connectivity index (χ3v) is 3.97. The van der Waals surface area contributed by atoms with Gasteiger partial charge in [-0.3, -0.25) is 0 Å². The maximum Gasteiger partial charge on any atom is 0.123 e. The highest BCUT2D eigenvalue weighted by Crippen LogP contribution is 2.28. The first-order valence-corrected chi connectivity index (χ1v) is 7.40. The first kappa shape index (κ1) is 14.2. The molecule has 0 saturated heterocycles. The van der Waals surface area contributed by atoms with Crippen LogP contribution < -0.4 is 0 Å². The summed E-state index contributed by atoms with van der Waals surface area (Å²) in [7, 11) is 0. The molecule has 0 bridgehead atoms. The monoisotopic (exact) mass is 345 g/mol. The molecule has 1 unspecified atom stereocenters. The summed E-state index contributed by atoms with van der Waals surface area (Å²) in [6.45, 7) is 0. The van der Waals surface area contributed by atoms with Crippen LogP contribution in [0.15, 0.2) is 59.1 Å². The molecule has 2 nitrogen and oxygen atoms in total. The smallest absolute Gasteiger partial charge is 0.123 e. The van der Waals surface area contributed by atoms with Crippen molar-refractivity contribution in [3.05, 3.63) is 76.1 Å². The Kier molecular flexibility index (Phi) is 3.99. The average Bonchev–Trinajstić information content (AvgIpc) is 2.46. The Bertz CT molecular complexity index is 791. The molecular formula is C17H13BrFNO. The van der Waals surface area contributed by atoms with Crippen molar-refractivity contribution in [2.45, 2.75) is 12.5 Å². The lowest BCUT2D eigenvalue weighted by molar-refractivity contribution is 0.173. The number of pyridine rings is 1. The average molecular weight is 346 g/mol. The van der Waals surface area contributed by atoms with E-state index in [1.165, 1.54) is 12.1 Å². The van der Waals surface area contributed by atoms with E-state index in [0.29, 0.717) is 12.1 Å². The Balaban J connectivity index is 1.93. The highest BCUT2D eigenvalue weighted by atomic mass is 79.9. The third-order valence-electron chi connectivity index (χ3n) is 3.34. The van der Waals surface area contributed by atoms with E-state index in [2.05, 4.69) is 20.9 Å². The van der Waals surface area contributed by atoms with Gasteiger partial charge < -0.3 is 5.11 Å². The van der Waals surface area contributed by atoms with Gasteiger partial charge in [0.2, 0.25) is 0 Å². The van der Waals surface area contributed by atoms with Crippen molar-refractivity contribution in [1.29, 1.82) is 0 Å². The molecule has 0 saturated carbocycles. The van der Waals surface area contributed by atoms with Crippen molar-refractivity contribution < 1.29 is 9.50 Å². The van der Waals surface area contributed by atoms with Crippen molar-refractivity contribution in [3.8, 4) is 0 Å². The summed E-state index contributed by atoms with van der Waals surface area (Å²) in [6, 6.07) is 15.9. The van der Waals surface area contributed by atoms with Crippen molar-refractivity contribution in [2.75, 3.05) is 0 Å². The Morgan fingerprint density at radius 2 is 1.90 bits per heavy atom. The molecule has 106 valence electrons. The van der Waals surface area contributed by atoms with Crippen LogP contribution >= 0.6 is 15.9 Å². The van der Waals surface area contributed by atoms with E-state index in [1.54, 1.807) is 12.1 Å². The topological polar surface area (TPSA) is 33.1 Å². The number of nitrogens with zero attached hydrogens (tertiary/aromatic N) is 1. The van der Waals surface area contributed by atoms with Crippen LogP contribution in [0.4, 0.5) is 4.39 Å². The molecule has 1 atom stereocenters. The molecule has 0 amide bonds. The van der Waals surface area contributed by atoms with E-state index in [4.69, 9.17) is 0 Å². The molecular weight excluding hydrogens is 333 g/mol. The van der Waals surface area contributed by atoms with Crippen LogP contribution in [-0.2, 0) is 6.42 Å². The van der Waals surface area contributed by atoms with Crippen molar-refractivity contribution in [2.24, 2.45) is 0 Å². The van der Waals surface area contributed by atoms with Gasteiger partial charge in [0.25, 0.3) is 0 Å². The highest BCUT2D eigenvalue weighted by Gasteiger charge is 2.15. The quantitative estimate of drug-likeness (QED) is 0.762. The standard InChI is InChI=1S/C17H13BrFNO/c18-14-10-12-5-1-2-7-15(12)20-17(14)16(21)9-11-4-3-6-13(19)8-11/h1-8,10,16,21H,9H2. The van der Waals surface area contributed by atoms with E-state index < -0.39 is 6.10 Å². The molecule has 2 aromatic carbocycles. The summed E-state index contributed by atoms with van der Waals surface area (Å²) in [4.78, 5) is 4.50. The van der Waals surface area contributed by atoms with Gasteiger partial charge in [-0.15, -0.1) is 0 Å². The zero-order chi connectivity index (χ0) is 14.8. The molecule has 0 aliphatic carbocycles. The number of para-hydroxylation sites is 1. The molecule has 0 aliphatic heterocycles. The Morgan fingerprint density at radius 1 is 1.10 bits per heavy atom. The molecule has 21 heavy (non-hydrogen) atoms. The number of aliphatic hydroxyl groups excluding tert-OH is 1. The van der Waals surface area contributed by atoms with Gasteiger partial charge in [0.1, 0.15) is 11.9 Å². The second-order valence-corrected chi connectivity index (χ2v) is 5.75. The van der Waals surface area contributed by atoms with Crippen LogP contribution in [0.5, 0.6) is 0 Å². The van der Waals surface area contributed by atoms with E-state index >= 15 is 0 Å². The first-order chi connectivity index (χ1) is 10.1. The third kappa shape index (κ3) is 3.12. The minimum atomic E-state index is -0.786. The molecule has 0 radical (unpaired) electrons. The van der Waals surface area contributed by atoms with Gasteiger partial charge in [0, 0.05) is 16.3 Å². The molecule has 3 aromatic rings. The Morgan fingerprint density at radius 3 is 2.71 bits per heavy atom. The molecule has 3 rings (SSSR count). The maximum absolute atomic E-state index is 13.2. The zero-order valence-corrected chi connectivity index (χ0v) is 12.7. The van der Waals surface area contributed by atoms with Crippen molar-refractivity contribution in [1.82, 2.24) is 4.98 Å². The van der Waals surface area contributed by atoms with Crippen LogP contribution in [0, 0.1) is 5.82 Å². The van der Waals surface area contributed by atoms with Gasteiger partial charge in [-0.25, -0.2) is 9.37 Å². The van der Waals surface area contributed by atoms with E-state index in [0.717, 1.165) is 20.9 Å². The molecule has 1 heterocycles. The van der Waals surface area contributed by atoms with Gasteiger partial charge in [-0.2, -0.15) is 0 Å². The van der Waals surface area contributed by atoms with Crippen molar-refractivity contribution >= 4 is 26.8 Å². The summed E-state index contributed by atoms with van der Waals surface area (Å²) >= 11 is 3.45. The van der Waals surface area contributed by atoms with Gasteiger partial charge in [-0.05, 0) is 45.8 Å². The summed E-state index contributed by atoms with van der Waals surface area (Å²) in [5.74, 6) is -0.301. The number of aromatic nitrogens is 1. The summed E-state index contributed by atoms with van der Waals surface area (Å²) in [5.41, 5.74) is 2.14. The van der Waals surface area contributed by atoms with Crippen molar-refractivity contribution in [3.63, 3.8) is 0 Å². The lowest BCUT2D eigenvalue weighted by Crippen LogP contribution is -2.05. The maximum atomic E-state index is 13.2. The van der Waals surface area contributed by atoms with Crippen LogP contribution in [-0.4, -0.2) is 10.1 Å². The Labute approximate surface area is 130 Å². The zero-order valence-electron chi connectivity index (χ0n) is 11.1. The molecule has 0 spiro atoms. The second-order valence-electron chi connectivity index (χ2n) is 4.90. The number of aliphatic hydroxyl groups is 1. The Hall–Kier alpha value is -1.78. The van der Waals surface area contributed by atoms with Crippen LogP contribution in [0.1, 0.15) is 17.4 Å². The number of fused-ring (bicyclic) bond motifs is 1. The fourth-order valence-corrected chi connectivity index (χ4v) is 2.92. The molecule has 0 aliphatic rings. The first-order valence-electron chi connectivity index (χ1n) is 6.61. The fourth-order valence-electron chi connectivity index (χ4n) is 2.32. The predicted molar refractivity (Wildman–Crippen MR) is 84.5 cm³/mol. The van der Waals surface area contributed by atoms with E-state index in [-0.39, 0.29) is 5.82 Å². The SMILES string of the molecule is OC(Cc1cccc(F)c1)c1nc2ccccc2cc1Br. The lowest BCUT2D eigenvalue weighted by Gasteiger charge is -2.13. The van der Waals surface area contributed by atoms with E-state index in [1.807, 2.05) is 30.3 Å². The number of halogens is 2. The fraction of sp³-hybridized carbons (Fsp3) is 0.118. The van der Waals surface area contributed by atoms with Gasteiger partial charge >= 0.3 is 0 Å². The largest absolute Gasteiger partial charge is 0.386 e. The highest BCUT2D eigenvalue weighted by molar-refractivity contribution is 9.10. The minimum absolute atomic E-state index is 0.301. The summed E-state index contributed by atoms with van der Waals surface area (Å²) in [5, 5.41) is 11.4. The van der Waals surface area contributed by atoms with Crippen LogP contribution in [0.25, 0.3) is 10.9 Å². The molecule has 0 fully saturated rings. The normalized spacial score (nSPS) is 12.5. The molecule has 1 aromatic heterocycles. The van der Waals surface area contributed by atoms with E-state index in [9.17, 15) is 9.50 Å². The number of hydrogen-bond donors (Lipinski definition) is 1. The predicted octanol–water partition coefficient (Wildman–Crippen LogP) is 4.41.